The molecule has 0 N–H and O–H groups in total. The summed E-state index contributed by atoms with van der Waals surface area (Å²) >= 11 is 0. The van der Waals surface area contributed by atoms with Crippen LogP contribution in [0.1, 0.15) is 5.56 Å². The van der Waals surface area contributed by atoms with Gasteiger partial charge >= 0.3 is 0 Å². The Balaban J connectivity index is 2.26. The zero-order valence-electron chi connectivity index (χ0n) is 12.2. The maximum absolute atomic E-state index is 12.4. The first kappa shape index (κ1) is 15.8. The van der Waals surface area contributed by atoms with Crippen LogP contribution in [-0.4, -0.2) is 20.4 Å². The highest BCUT2D eigenvalue weighted by molar-refractivity contribution is 7.95. The van der Waals surface area contributed by atoms with Crippen LogP contribution >= 0.6 is 0 Å². The van der Waals surface area contributed by atoms with Crippen molar-refractivity contribution in [2.75, 3.05) is 7.05 Å². The van der Waals surface area contributed by atoms with Crippen molar-refractivity contribution in [3.63, 3.8) is 0 Å². The normalized spacial score (nSPS) is 11.7. The van der Waals surface area contributed by atoms with Crippen molar-refractivity contribution in [3.8, 4) is 6.07 Å². The second kappa shape index (κ2) is 6.92. The minimum absolute atomic E-state index is 0.121. The number of allylic oxidation sites excluding steroid dienone is 1. The van der Waals surface area contributed by atoms with Crippen LogP contribution in [0, 0.1) is 11.3 Å². The molecule has 0 heterocycles. The summed E-state index contributed by atoms with van der Waals surface area (Å²) in [5.41, 5.74) is 1.04. The lowest BCUT2D eigenvalue weighted by Crippen LogP contribution is -2.14. The molecule has 0 saturated heterocycles. The van der Waals surface area contributed by atoms with Crippen molar-refractivity contribution in [3.05, 3.63) is 77.3 Å². The Kier molecular flexibility index (Phi) is 4.97. The number of hydrogen-bond donors (Lipinski definition) is 0. The largest absolute Gasteiger partial charge is 0.374 e. The van der Waals surface area contributed by atoms with E-state index in [2.05, 4.69) is 0 Å². The summed E-state index contributed by atoms with van der Waals surface area (Å²) in [6, 6.07) is 19.4. The number of benzene rings is 2. The van der Waals surface area contributed by atoms with Gasteiger partial charge in [-0.05, 0) is 17.7 Å². The van der Waals surface area contributed by atoms with E-state index < -0.39 is 9.84 Å². The van der Waals surface area contributed by atoms with Crippen LogP contribution in [0.15, 0.2) is 76.7 Å². The number of sulfone groups is 1. The molecule has 2 aromatic carbocycles. The molecule has 2 rings (SSSR count). The zero-order chi connectivity index (χ0) is 16.0. The molecule has 0 aliphatic heterocycles. The van der Waals surface area contributed by atoms with Crippen molar-refractivity contribution < 1.29 is 8.42 Å². The summed E-state index contributed by atoms with van der Waals surface area (Å²) in [6.45, 7) is 0.524. The summed E-state index contributed by atoms with van der Waals surface area (Å²) in [4.78, 5) is 1.54. The van der Waals surface area contributed by atoms with Crippen molar-refractivity contribution in [2.45, 2.75) is 11.4 Å². The van der Waals surface area contributed by atoms with Crippen LogP contribution in [0.3, 0.4) is 0 Å². The molecule has 0 spiro atoms. The first-order valence-corrected chi connectivity index (χ1v) is 8.18. The van der Waals surface area contributed by atoms with Gasteiger partial charge in [0.05, 0.1) is 4.90 Å². The van der Waals surface area contributed by atoms with Crippen LogP contribution < -0.4 is 0 Å². The van der Waals surface area contributed by atoms with E-state index in [0.717, 1.165) is 5.56 Å². The Hall–Kier alpha value is -2.58. The van der Waals surface area contributed by atoms with E-state index in [0.29, 0.717) is 6.54 Å². The van der Waals surface area contributed by atoms with Gasteiger partial charge in [-0.1, -0.05) is 48.5 Å². The molecule has 0 unspecified atom stereocenters. The molecule has 112 valence electrons. The van der Waals surface area contributed by atoms with Gasteiger partial charge < -0.3 is 4.90 Å². The molecule has 5 heteroatoms. The first-order valence-electron chi connectivity index (χ1n) is 6.70. The summed E-state index contributed by atoms with van der Waals surface area (Å²) in [5, 5.41) is 9.21. The summed E-state index contributed by atoms with van der Waals surface area (Å²) in [5.74, 6) is 0. The number of hydrogen-bond acceptors (Lipinski definition) is 4. The molecule has 0 aromatic heterocycles. The minimum Gasteiger partial charge on any atom is -0.374 e. The number of nitrogens with zero attached hydrogens (tertiary/aromatic N) is 2. The van der Waals surface area contributed by atoms with E-state index in [4.69, 9.17) is 0 Å². The van der Waals surface area contributed by atoms with Crippen LogP contribution in [0.25, 0.3) is 0 Å². The Morgan fingerprint density at radius 3 is 2.18 bits per heavy atom. The van der Waals surface area contributed by atoms with Gasteiger partial charge in [-0.3, -0.25) is 0 Å². The molecule has 0 atom stereocenters. The second-order valence-electron chi connectivity index (χ2n) is 4.82. The van der Waals surface area contributed by atoms with Crippen molar-refractivity contribution in [1.82, 2.24) is 4.90 Å². The predicted octanol–water partition coefficient (Wildman–Crippen LogP) is 2.96. The first-order chi connectivity index (χ1) is 10.5. The van der Waals surface area contributed by atoms with Crippen molar-refractivity contribution in [2.24, 2.45) is 0 Å². The molecule has 0 amide bonds. The fourth-order valence-corrected chi connectivity index (χ4v) is 3.21. The monoisotopic (exact) mass is 312 g/mol. The topological polar surface area (TPSA) is 61.2 Å². The van der Waals surface area contributed by atoms with Gasteiger partial charge in [-0.2, -0.15) is 5.26 Å². The van der Waals surface area contributed by atoms with E-state index in [1.54, 1.807) is 36.2 Å². The lowest BCUT2D eigenvalue weighted by atomic mass is 10.2. The van der Waals surface area contributed by atoms with Crippen LogP contribution in [0.2, 0.25) is 0 Å². The van der Waals surface area contributed by atoms with Crippen LogP contribution in [-0.2, 0) is 16.4 Å². The van der Waals surface area contributed by atoms with Crippen LogP contribution in [0.4, 0.5) is 0 Å². The van der Waals surface area contributed by atoms with Gasteiger partial charge in [0.15, 0.2) is 4.91 Å². The molecule has 0 aliphatic carbocycles. The van der Waals surface area contributed by atoms with E-state index in [1.807, 2.05) is 30.3 Å². The van der Waals surface area contributed by atoms with Crippen molar-refractivity contribution >= 4 is 9.84 Å². The molecule has 22 heavy (non-hydrogen) atoms. The highest BCUT2D eigenvalue weighted by atomic mass is 32.2. The van der Waals surface area contributed by atoms with Gasteiger partial charge in [-0.25, -0.2) is 8.42 Å². The van der Waals surface area contributed by atoms with E-state index >= 15 is 0 Å². The highest BCUT2D eigenvalue weighted by Gasteiger charge is 2.20. The average molecular weight is 312 g/mol. The quantitative estimate of drug-likeness (QED) is 0.796. The summed E-state index contributed by atoms with van der Waals surface area (Å²) in [6.07, 6.45) is 1.37. The Morgan fingerprint density at radius 2 is 1.64 bits per heavy atom. The Morgan fingerprint density at radius 1 is 1.09 bits per heavy atom. The molecule has 0 bridgehead atoms. The van der Waals surface area contributed by atoms with Gasteiger partial charge in [0, 0.05) is 19.8 Å². The van der Waals surface area contributed by atoms with E-state index in [-0.39, 0.29) is 9.80 Å². The minimum atomic E-state index is -3.78. The fourth-order valence-electron chi connectivity index (χ4n) is 2.00. The Bertz CT molecular complexity index is 792. The smallest absolute Gasteiger partial charge is 0.218 e. The average Bonchev–Trinajstić information content (AvgIpc) is 2.54. The molecule has 0 saturated carbocycles. The third-order valence-electron chi connectivity index (χ3n) is 3.07. The lowest BCUT2D eigenvalue weighted by Gasteiger charge is -2.15. The third kappa shape index (κ3) is 3.74. The maximum Gasteiger partial charge on any atom is 0.218 e. The number of rotatable bonds is 5. The van der Waals surface area contributed by atoms with Crippen molar-refractivity contribution in [1.29, 1.82) is 5.26 Å². The molecular weight excluding hydrogens is 296 g/mol. The van der Waals surface area contributed by atoms with Gasteiger partial charge in [0.1, 0.15) is 6.07 Å². The zero-order valence-corrected chi connectivity index (χ0v) is 13.0. The van der Waals surface area contributed by atoms with E-state index in [1.165, 1.54) is 18.3 Å². The van der Waals surface area contributed by atoms with Gasteiger partial charge in [0.2, 0.25) is 9.84 Å². The molecule has 0 radical (unpaired) electrons. The summed E-state index contributed by atoms with van der Waals surface area (Å²) < 4.78 is 24.9. The molecule has 2 aromatic rings. The molecular formula is C17H16N2O2S. The lowest BCUT2D eigenvalue weighted by molar-refractivity contribution is 0.449. The molecule has 0 aliphatic rings. The number of nitriles is 1. The molecule has 0 fully saturated rings. The fraction of sp³-hybridized carbons (Fsp3) is 0.118. The Labute approximate surface area is 130 Å². The molecule has 4 nitrogen and oxygen atoms in total. The second-order valence-corrected chi connectivity index (χ2v) is 6.74. The highest BCUT2D eigenvalue weighted by Crippen LogP contribution is 2.19. The third-order valence-corrected chi connectivity index (χ3v) is 4.73. The van der Waals surface area contributed by atoms with Crippen LogP contribution in [0.5, 0.6) is 0 Å². The van der Waals surface area contributed by atoms with E-state index in [9.17, 15) is 13.7 Å². The summed E-state index contributed by atoms with van der Waals surface area (Å²) in [7, 11) is -2.04. The standard InChI is InChI=1S/C17H16N2O2S/c1-19(13-15-8-4-2-5-9-15)14-17(12-18)22(20,21)16-10-6-3-7-11-16/h2-11,14H,13H2,1H3/b17-14+. The SMILES string of the molecule is CN(/C=C(\C#N)S(=O)(=O)c1ccccc1)Cc1ccccc1. The van der Waals surface area contributed by atoms with Gasteiger partial charge in [0.25, 0.3) is 0 Å². The maximum atomic E-state index is 12.4. The van der Waals surface area contributed by atoms with Gasteiger partial charge in [-0.15, -0.1) is 0 Å². The predicted molar refractivity (Wildman–Crippen MR) is 85.2 cm³/mol.